The van der Waals surface area contributed by atoms with Crippen molar-refractivity contribution in [1.82, 2.24) is 25.3 Å². The van der Waals surface area contributed by atoms with Crippen LogP contribution in [0.3, 0.4) is 0 Å². The van der Waals surface area contributed by atoms with Crippen molar-refractivity contribution < 1.29 is 0 Å². The maximum Gasteiger partial charge on any atom is 0.229 e. The van der Waals surface area contributed by atoms with Gasteiger partial charge < -0.3 is 15.2 Å². The van der Waals surface area contributed by atoms with Crippen molar-refractivity contribution in [3.05, 3.63) is 71.5 Å². The molecule has 0 radical (unpaired) electrons. The summed E-state index contributed by atoms with van der Waals surface area (Å²) >= 11 is 0. The Balaban J connectivity index is 1.21. The van der Waals surface area contributed by atoms with Crippen LogP contribution in [0.25, 0.3) is 0 Å². The molecule has 1 aromatic carbocycles. The summed E-state index contributed by atoms with van der Waals surface area (Å²) in [6.45, 7) is 6.68. The van der Waals surface area contributed by atoms with Crippen LogP contribution >= 0.6 is 0 Å². The fourth-order valence-electron chi connectivity index (χ4n) is 4.89. The summed E-state index contributed by atoms with van der Waals surface area (Å²) in [6, 6.07) is 15.1. The highest BCUT2D eigenvalue weighted by Gasteiger charge is 2.35. The van der Waals surface area contributed by atoms with Crippen molar-refractivity contribution in [2.75, 3.05) is 47.9 Å². The lowest BCUT2D eigenvalue weighted by atomic mass is 10.0. The molecule has 1 fully saturated rings. The van der Waals surface area contributed by atoms with E-state index in [-0.39, 0.29) is 0 Å². The fourth-order valence-corrected chi connectivity index (χ4v) is 4.89. The minimum Gasteiger partial charge on any atom is -0.352 e. The Kier molecular flexibility index (Phi) is 5.09. The maximum atomic E-state index is 5.11. The van der Waals surface area contributed by atoms with Gasteiger partial charge in [-0.3, -0.25) is 9.88 Å². The molecule has 3 aliphatic rings. The number of hydrogen-bond acceptors (Lipinski definition) is 8. The van der Waals surface area contributed by atoms with E-state index in [9.17, 15) is 0 Å². The Labute approximate surface area is 188 Å². The molecule has 0 saturated carbocycles. The molecule has 8 heteroatoms. The quantitative estimate of drug-likeness (QED) is 0.643. The summed E-state index contributed by atoms with van der Waals surface area (Å²) in [7, 11) is 0. The number of benzene rings is 1. The smallest absolute Gasteiger partial charge is 0.229 e. The average molecular weight is 429 g/mol. The molecule has 1 unspecified atom stereocenters. The van der Waals surface area contributed by atoms with Gasteiger partial charge in [-0.1, -0.05) is 30.3 Å². The molecule has 0 aliphatic carbocycles. The molecule has 2 aromatic heterocycles. The highest BCUT2D eigenvalue weighted by molar-refractivity contribution is 5.67. The Bertz CT molecular complexity index is 1070. The van der Waals surface area contributed by atoms with Crippen LogP contribution in [0.5, 0.6) is 0 Å². The third-order valence-corrected chi connectivity index (χ3v) is 6.64. The van der Waals surface area contributed by atoms with Gasteiger partial charge in [-0.05, 0) is 29.7 Å². The van der Waals surface area contributed by atoms with E-state index in [0.29, 0.717) is 6.04 Å². The summed E-state index contributed by atoms with van der Waals surface area (Å²) in [4.78, 5) is 21.4. The Morgan fingerprint density at radius 1 is 0.844 bits per heavy atom. The maximum absolute atomic E-state index is 5.11. The van der Waals surface area contributed by atoms with E-state index >= 15 is 0 Å². The number of nitrogens with zero attached hydrogens (tertiary/aromatic N) is 6. The number of rotatable bonds is 5. The molecular weight excluding hydrogens is 400 g/mol. The summed E-state index contributed by atoms with van der Waals surface area (Å²) in [5, 5.41) is 0. The zero-order valence-electron chi connectivity index (χ0n) is 18.1. The molecule has 164 valence electrons. The lowest BCUT2D eigenvalue weighted by Gasteiger charge is -2.36. The number of pyridine rings is 1. The number of hydrogen-bond donors (Lipinski definition) is 2. The standard InChI is InChI=1S/C24H28N8/c1-2-4-18(5-3-1)17-32-11-8-20-21-22(29-28-20)26-24(27-23(21)32)31-14-12-30(13-15-31)16-19-6-9-25-10-7-19/h1-7,9-10,20,28H,8,11-17H2,(H,26,27,29). The second-order valence-corrected chi connectivity index (χ2v) is 8.75. The van der Waals surface area contributed by atoms with Gasteiger partial charge in [0, 0.05) is 58.2 Å². The normalized spacial score (nSPS) is 20.2. The molecule has 0 amide bonds. The van der Waals surface area contributed by atoms with Crippen LogP contribution in [-0.4, -0.2) is 52.6 Å². The molecule has 5 heterocycles. The number of nitrogens with one attached hydrogen (secondary N) is 2. The van der Waals surface area contributed by atoms with Crippen LogP contribution < -0.4 is 20.7 Å². The minimum atomic E-state index is 0.290. The first kappa shape index (κ1) is 19.5. The van der Waals surface area contributed by atoms with E-state index in [1.54, 1.807) is 0 Å². The van der Waals surface area contributed by atoms with Crippen LogP contribution in [0.4, 0.5) is 17.6 Å². The molecule has 32 heavy (non-hydrogen) atoms. The third kappa shape index (κ3) is 3.76. The zero-order valence-corrected chi connectivity index (χ0v) is 18.1. The van der Waals surface area contributed by atoms with Crippen LogP contribution in [0.2, 0.25) is 0 Å². The molecule has 3 aliphatic heterocycles. The van der Waals surface area contributed by atoms with Crippen molar-refractivity contribution >= 4 is 17.6 Å². The molecule has 3 aromatic rings. The van der Waals surface area contributed by atoms with Gasteiger partial charge in [0.1, 0.15) is 5.82 Å². The SMILES string of the molecule is c1ccc(CN2CCC3NNc4nc(N5CCN(Cc6ccncc6)CC5)nc2c43)cc1. The van der Waals surface area contributed by atoms with E-state index in [0.717, 1.165) is 69.8 Å². The summed E-state index contributed by atoms with van der Waals surface area (Å²) in [5.41, 5.74) is 10.6. The summed E-state index contributed by atoms with van der Waals surface area (Å²) in [6.07, 6.45) is 4.78. The van der Waals surface area contributed by atoms with Crippen molar-refractivity contribution in [3.8, 4) is 0 Å². The number of anilines is 3. The van der Waals surface area contributed by atoms with Gasteiger partial charge in [-0.25, -0.2) is 5.43 Å². The molecule has 1 atom stereocenters. The Morgan fingerprint density at radius 2 is 1.62 bits per heavy atom. The van der Waals surface area contributed by atoms with E-state index in [4.69, 9.17) is 9.97 Å². The molecule has 6 rings (SSSR count). The van der Waals surface area contributed by atoms with Gasteiger partial charge in [-0.2, -0.15) is 9.97 Å². The van der Waals surface area contributed by atoms with Crippen molar-refractivity contribution in [2.45, 2.75) is 25.6 Å². The molecule has 1 saturated heterocycles. The highest BCUT2D eigenvalue weighted by atomic mass is 15.5. The van der Waals surface area contributed by atoms with Crippen LogP contribution in [0.15, 0.2) is 54.9 Å². The predicted molar refractivity (Wildman–Crippen MR) is 125 cm³/mol. The average Bonchev–Trinajstić information content (AvgIpc) is 3.26. The summed E-state index contributed by atoms with van der Waals surface area (Å²) in [5.74, 6) is 2.84. The molecule has 0 bridgehead atoms. The van der Waals surface area contributed by atoms with Gasteiger partial charge in [0.2, 0.25) is 5.95 Å². The number of piperazine rings is 1. The number of aromatic nitrogens is 3. The molecular formula is C24H28N8. The Hall–Kier alpha value is -3.23. The third-order valence-electron chi connectivity index (χ3n) is 6.64. The lowest BCUT2D eigenvalue weighted by molar-refractivity contribution is 0.248. The minimum absolute atomic E-state index is 0.290. The molecule has 0 spiro atoms. The van der Waals surface area contributed by atoms with Crippen molar-refractivity contribution in [2.24, 2.45) is 0 Å². The monoisotopic (exact) mass is 428 g/mol. The van der Waals surface area contributed by atoms with Crippen molar-refractivity contribution in [1.29, 1.82) is 0 Å². The number of hydrazine groups is 1. The first-order chi connectivity index (χ1) is 15.8. The van der Waals surface area contributed by atoms with Crippen molar-refractivity contribution in [3.63, 3.8) is 0 Å². The summed E-state index contributed by atoms with van der Waals surface area (Å²) < 4.78 is 0. The predicted octanol–water partition coefficient (Wildman–Crippen LogP) is 2.58. The fraction of sp³-hybridized carbons (Fsp3) is 0.375. The van der Waals surface area contributed by atoms with E-state index in [1.165, 1.54) is 16.7 Å². The first-order valence-corrected chi connectivity index (χ1v) is 11.4. The zero-order chi connectivity index (χ0) is 21.3. The first-order valence-electron chi connectivity index (χ1n) is 11.4. The second kappa shape index (κ2) is 8.37. The van der Waals surface area contributed by atoms with Crippen LogP contribution in [0, 0.1) is 0 Å². The van der Waals surface area contributed by atoms with E-state index in [2.05, 4.69) is 73.0 Å². The van der Waals surface area contributed by atoms with E-state index in [1.807, 2.05) is 12.4 Å². The molecule has 8 nitrogen and oxygen atoms in total. The van der Waals surface area contributed by atoms with Gasteiger partial charge in [0.25, 0.3) is 0 Å². The second-order valence-electron chi connectivity index (χ2n) is 8.75. The Morgan fingerprint density at radius 3 is 2.44 bits per heavy atom. The van der Waals surface area contributed by atoms with Gasteiger partial charge in [0.15, 0.2) is 5.82 Å². The van der Waals surface area contributed by atoms with Gasteiger partial charge in [0.05, 0.1) is 11.6 Å². The molecule has 2 N–H and O–H groups in total. The highest BCUT2D eigenvalue weighted by Crippen LogP contribution is 2.41. The van der Waals surface area contributed by atoms with Crippen LogP contribution in [0.1, 0.15) is 29.2 Å². The van der Waals surface area contributed by atoms with Gasteiger partial charge >= 0.3 is 0 Å². The lowest BCUT2D eigenvalue weighted by Crippen LogP contribution is -2.46. The largest absolute Gasteiger partial charge is 0.352 e. The topological polar surface area (TPSA) is 72.5 Å². The van der Waals surface area contributed by atoms with E-state index < -0.39 is 0 Å². The van der Waals surface area contributed by atoms with Gasteiger partial charge in [-0.15, -0.1) is 0 Å². The van der Waals surface area contributed by atoms with Crippen LogP contribution in [-0.2, 0) is 13.1 Å².